The van der Waals surface area contributed by atoms with E-state index >= 15 is 0 Å². The average Bonchev–Trinajstić information content (AvgIpc) is 2.98. The zero-order valence-electron chi connectivity index (χ0n) is 9.33. The summed E-state index contributed by atoms with van der Waals surface area (Å²) in [6.07, 6.45) is 1.74. The molecule has 0 amide bonds. The highest BCUT2D eigenvalue weighted by atomic mass is 15.3. The molecule has 0 aliphatic heterocycles. The van der Waals surface area contributed by atoms with Crippen molar-refractivity contribution in [2.75, 3.05) is 0 Å². The molecule has 0 saturated heterocycles. The molecular weight excluding hydrogens is 214 g/mol. The van der Waals surface area contributed by atoms with Gasteiger partial charge in [-0.2, -0.15) is 10.2 Å². The minimum absolute atomic E-state index is 0.696. The zero-order valence-corrected chi connectivity index (χ0v) is 9.33. The predicted molar refractivity (Wildman–Crippen MR) is 64.0 cm³/mol. The molecule has 2 heterocycles. The third-order valence-corrected chi connectivity index (χ3v) is 2.58. The summed E-state index contributed by atoms with van der Waals surface area (Å²) in [5.74, 6) is 1.42. The lowest BCUT2D eigenvalue weighted by molar-refractivity contribution is 0.770. The van der Waals surface area contributed by atoms with Gasteiger partial charge in [0.1, 0.15) is 5.69 Å². The Morgan fingerprint density at radius 1 is 1.12 bits per heavy atom. The van der Waals surface area contributed by atoms with Gasteiger partial charge in [0.25, 0.3) is 0 Å². The lowest BCUT2D eigenvalue weighted by atomic mass is 10.2. The van der Waals surface area contributed by atoms with Crippen LogP contribution in [0.1, 0.15) is 0 Å². The average molecular weight is 225 g/mol. The molecule has 0 atom stereocenters. The molecule has 0 saturated carbocycles. The van der Waals surface area contributed by atoms with E-state index in [0.29, 0.717) is 5.82 Å². The second kappa shape index (κ2) is 3.86. The molecule has 3 rings (SSSR count). The van der Waals surface area contributed by atoms with Crippen LogP contribution in [0.25, 0.3) is 22.9 Å². The van der Waals surface area contributed by atoms with E-state index in [1.165, 1.54) is 0 Å². The van der Waals surface area contributed by atoms with Crippen LogP contribution in [0, 0.1) is 0 Å². The molecule has 0 fully saturated rings. The van der Waals surface area contributed by atoms with Gasteiger partial charge >= 0.3 is 0 Å². The summed E-state index contributed by atoms with van der Waals surface area (Å²) in [4.78, 5) is 4.46. The first kappa shape index (κ1) is 9.77. The van der Waals surface area contributed by atoms with Gasteiger partial charge in [0.05, 0.1) is 0 Å². The molecule has 3 aromatic rings. The number of hydrogen-bond donors (Lipinski definition) is 1. The topological polar surface area (TPSA) is 59.4 Å². The van der Waals surface area contributed by atoms with E-state index in [1.54, 1.807) is 10.9 Å². The molecule has 0 aliphatic carbocycles. The van der Waals surface area contributed by atoms with E-state index < -0.39 is 0 Å². The van der Waals surface area contributed by atoms with Crippen LogP contribution in [0.15, 0.2) is 42.6 Å². The summed E-state index contributed by atoms with van der Waals surface area (Å²) in [5, 5.41) is 11.2. The minimum atomic E-state index is 0.696. The second-order valence-electron chi connectivity index (χ2n) is 3.71. The van der Waals surface area contributed by atoms with Gasteiger partial charge in [0, 0.05) is 18.8 Å². The number of rotatable bonds is 2. The Bertz CT molecular complexity index is 623. The second-order valence-corrected chi connectivity index (χ2v) is 3.71. The molecule has 0 bridgehead atoms. The molecule has 1 N–H and O–H groups in total. The van der Waals surface area contributed by atoms with Crippen LogP contribution in [0.5, 0.6) is 0 Å². The van der Waals surface area contributed by atoms with Gasteiger partial charge in [-0.1, -0.05) is 30.3 Å². The number of hydrogen-bond acceptors (Lipinski definition) is 3. The SMILES string of the molecule is Cn1nccc1-c1nc(-c2ccccc2)n[nH]1. The third kappa shape index (κ3) is 1.71. The van der Waals surface area contributed by atoms with Crippen LogP contribution in [0.3, 0.4) is 0 Å². The summed E-state index contributed by atoms with van der Waals surface area (Å²) in [6.45, 7) is 0. The summed E-state index contributed by atoms with van der Waals surface area (Å²) in [6, 6.07) is 11.8. The van der Waals surface area contributed by atoms with Crippen LogP contribution in [-0.2, 0) is 7.05 Å². The zero-order chi connectivity index (χ0) is 11.7. The van der Waals surface area contributed by atoms with Crippen molar-refractivity contribution >= 4 is 0 Å². The number of nitrogens with one attached hydrogen (secondary N) is 1. The number of benzene rings is 1. The Balaban J connectivity index is 2.02. The highest BCUT2D eigenvalue weighted by Gasteiger charge is 2.09. The molecule has 17 heavy (non-hydrogen) atoms. The number of H-pyrrole nitrogens is 1. The van der Waals surface area contributed by atoms with Crippen molar-refractivity contribution in [3.05, 3.63) is 42.6 Å². The summed E-state index contributed by atoms with van der Waals surface area (Å²) in [5.41, 5.74) is 1.91. The van der Waals surface area contributed by atoms with Gasteiger partial charge in [-0.25, -0.2) is 4.98 Å². The van der Waals surface area contributed by atoms with Crippen molar-refractivity contribution < 1.29 is 0 Å². The predicted octanol–water partition coefficient (Wildman–Crippen LogP) is 1.87. The largest absolute Gasteiger partial charge is 0.265 e. The van der Waals surface area contributed by atoms with Crippen LogP contribution >= 0.6 is 0 Å². The summed E-state index contributed by atoms with van der Waals surface area (Å²) >= 11 is 0. The fraction of sp³-hybridized carbons (Fsp3) is 0.0833. The Labute approximate surface area is 98.1 Å². The third-order valence-electron chi connectivity index (χ3n) is 2.58. The first-order valence-electron chi connectivity index (χ1n) is 5.31. The highest BCUT2D eigenvalue weighted by Crippen LogP contribution is 2.18. The summed E-state index contributed by atoms with van der Waals surface area (Å²) < 4.78 is 1.76. The fourth-order valence-corrected chi connectivity index (χ4v) is 1.70. The van der Waals surface area contributed by atoms with Gasteiger partial charge in [0.15, 0.2) is 11.6 Å². The van der Waals surface area contributed by atoms with E-state index in [2.05, 4.69) is 20.3 Å². The van der Waals surface area contributed by atoms with Gasteiger partial charge in [0.2, 0.25) is 0 Å². The van der Waals surface area contributed by atoms with E-state index in [9.17, 15) is 0 Å². The van der Waals surface area contributed by atoms with Crippen molar-refractivity contribution in [3.63, 3.8) is 0 Å². The molecule has 0 spiro atoms. The minimum Gasteiger partial charge on any atom is -0.265 e. The Hall–Kier alpha value is -2.43. The quantitative estimate of drug-likeness (QED) is 0.724. The monoisotopic (exact) mass is 225 g/mol. The Kier molecular flexibility index (Phi) is 2.22. The maximum Gasteiger partial charge on any atom is 0.181 e. The number of aryl methyl sites for hydroxylation is 1. The first-order valence-corrected chi connectivity index (χ1v) is 5.31. The van der Waals surface area contributed by atoms with Crippen molar-refractivity contribution in [2.45, 2.75) is 0 Å². The fourth-order valence-electron chi connectivity index (χ4n) is 1.70. The number of aromatic amines is 1. The Morgan fingerprint density at radius 3 is 2.65 bits per heavy atom. The molecule has 1 aromatic carbocycles. The van der Waals surface area contributed by atoms with Crippen LogP contribution < -0.4 is 0 Å². The van der Waals surface area contributed by atoms with E-state index in [4.69, 9.17) is 0 Å². The summed E-state index contributed by atoms with van der Waals surface area (Å²) in [7, 11) is 1.88. The van der Waals surface area contributed by atoms with E-state index in [1.807, 2.05) is 43.4 Å². The van der Waals surface area contributed by atoms with Gasteiger partial charge in [-0.3, -0.25) is 9.78 Å². The van der Waals surface area contributed by atoms with Crippen molar-refractivity contribution in [3.8, 4) is 22.9 Å². The molecule has 5 nitrogen and oxygen atoms in total. The molecule has 2 aromatic heterocycles. The number of nitrogens with zero attached hydrogens (tertiary/aromatic N) is 4. The van der Waals surface area contributed by atoms with Crippen molar-refractivity contribution in [2.24, 2.45) is 7.05 Å². The molecule has 0 aliphatic rings. The highest BCUT2D eigenvalue weighted by molar-refractivity contribution is 5.58. The Morgan fingerprint density at radius 2 is 1.94 bits per heavy atom. The van der Waals surface area contributed by atoms with Crippen LogP contribution in [0.4, 0.5) is 0 Å². The normalized spacial score (nSPS) is 10.6. The maximum absolute atomic E-state index is 4.46. The maximum atomic E-state index is 4.46. The van der Waals surface area contributed by atoms with Crippen molar-refractivity contribution in [1.82, 2.24) is 25.0 Å². The molecular formula is C12H11N5. The van der Waals surface area contributed by atoms with Crippen molar-refractivity contribution in [1.29, 1.82) is 0 Å². The first-order chi connectivity index (χ1) is 8.34. The van der Waals surface area contributed by atoms with Gasteiger partial charge in [-0.15, -0.1) is 0 Å². The lowest BCUT2D eigenvalue weighted by Crippen LogP contribution is -1.94. The molecule has 5 heteroatoms. The molecule has 84 valence electrons. The molecule has 0 radical (unpaired) electrons. The van der Waals surface area contributed by atoms with Crippen LogP contribution in [-0.4, -0.2) is 25.0 Å². The van der Waals surface area contributed by atoms with E-state index in [0.717, 1.165) is 17.1 Å². The molecule has 0 unspecified atom stereocenters. The van der Waals surface area contributed by atoms with Gasteiger partial charge in [-0.05, 0) is 6.07 Å². The van der Waals surface area contributed by atoms with Crippen LogP contribution in [0.2, 0.25) is 0 Å². The standard InChI is InChI=1S/C12H11N5/c1-17-10(7-8-13-17)12-14-11(15-16-12)9-5-3-2-4-6-9/h2-8H,1H3,(H,14,15,16). The van der Waals surface area contributed by atoms with E-state index in [-0.39, 0.29) is 0 Å². The smallest absolute Gasteiger partial charge is 0.181 e. The van der Waals surface area contributed by atoms with Gasteiger partial charge < -0.3 is 0 Å². The number of aromatic nitrogens is 5. The lowest BCUT2D eigenvalue weighted by Gasteiger charge is -1.95.